The first-order valence-corrected chi connectivity index (χ1v) is 9.90. The van der Waals surface area contributed by atoms with Gasteiger partial charge in [0.1, 0.15) is 6.10 Å². The van der Waals surface area contributed by atoms with E-state index in [1.165, 1.54) is 5.57 Å². The van der Waals surface area contributed by atoms with Crippen LogP contribution in [-0.4, -0.2) is 22.8 Å². The van der Waals surface area contributed by atoms with Gasteiger partial charge in [-0.15, -0.1) is 0 Å². The maximum atomic E-state index is 12.5. The molecule has 4 heteroatoms. The number of hydrogen-bond donors (Lipinski definition) is 0. The zero-order valence-corrected chi connectivity index (χ0v) is 15.7. The Morgan fingerprint density at radius 2 is 2.15 bits per heavy atom. The standard InChI is InChI=1S/C22H27NO3/c1-3-15-16-10-11-22(2)18(17(16)6-8-19(15)24)7-9-20(22)26-21(25)14-5-4-12-23-13-14/h4-5,12-13,17-18,20H,3,6-11H2,1-2H3/t17?,18?,20-,22-/m1/s1. The molecule has 26 heavy (non-hydrogen) atoms. The third-order valence-electron chi connectivity index (χ3n) is 7.10. The lowest BCUT2D eigenvalue weighted by Gasteiger charge is -2.47. The van der Waals surface area contributed by atoms with Crippen LogP contribution < -0.4 is 0 Å². The Morgan fingerprint density at radius 3 is 2.88 bits per heavy atom. The molecule has 0 amide bonds. The first kappa shape index (κ1) is 17.4. The van der Waals surface area contributed by atoms with Gasteiger partial charge < -0.3 is 4.74 Å². The van der Waals surface area contributed by atoms with Crippen molar-refractivity contribution in [1.29, 1.82) is 0 Å². The smallest absolute Gasteiger partial charge is 0.339 e. The molecule has 0 spiro atoms. The molecule has 0 aliphatic heterocycles. The van der Waals surface area contributed by atoms with Gasteiger partial charge in [0.05, 0.1) is 5.56 Å². The van der Waals surface area contributed by atoms with Crippen LogP contribution in [0.2, 0.25) is 0 Å². The summed E-state index contributed by atoms with van der Waals surface area (Å²) in [6.07, 6.45) is 9.70. The van der Waals surface area contributed by atoms with Crippen molar-refractivity contribution < 1.29 is 14.3 Å². The molecule has 1 heterocycles. The summed E-state index contributed by atoms with van der Waals surface area (Å²) in [4.78, 5) is 28.8. The average molecular weight is 353 g/mol. The Hall–Kier alpha value is -1.97. The highest BCUT2D eigenvalue weighted by Crippen LogP contribution is 2.59. The van der Waals surface area contributed by atoms with Crippen molar-refractivity contribution in [2.75, 3.05) is 0 Å². The van der Waals surface area contributed by atoms with Crippen LogP contribution in [0, 0.1) is 17.3 Å². The fraction of sp³-hybridized carbons (Fsp3) is 0.591. The minimum atomic E-state index is -0.264. The second kappa shape index (κ2) is 6.64. The van der Waals surface area contributed by atoms with Crippen molar-refractivity contribution in [3.63, 3.8) is 0 Å². The van der Waals surface area contributed by atoms with E-state index in [2.05, 4.69) is 18.8 Å². The Bertz CT molecular complexity index is 754. The summed E-state index contributed by atoms with van der Waals surface area (Å²) >= 11 is 0. The van der Waals surface area contributed by atoms with E-state index < -0.39 is 0 Å². The topological polar surface area (TPSA) is 56.3 Å². The van der Waals surface area contributed by atoms with Crippen LogP contribution in [0.5, 0.6) is 0 Å². The van der Waals surface area contributed by atoms with E-state index in [-0.39, 0.29) is 17.5 Å². The lowest BCUT2D eigenvalue weighted by atomic mass is 9.58. The van der Waals surface area contributed by atoms with Gasteiger partial charge in [-0.2, -0.15) is 0 Å². The summed E-state index contributed by atoms with van der Waals surface area (Å²) in [6.45, 7) is 4.40. The van der Waals surface area contributed by atoms with Gasteiger partial charge in [0, 0.05) is 24.2 Å². The molecule has 2 fully saturated rings. The van der Waals surface area contributed by atoms with Gasteiger partial charge >= 0.3 is 5.97 Å². The van der Waals surface area contributed by atoms with Gasteiger partial charge in [0.15, 0.2) is 5.78 Å². The van der Waals surface area contributed by atoms with Gasteiger partial charge in [-0.1, -0.05) is 19.4 Å². The SMILES string of the molecule is CCC1=C2CC[C@]3(C)C(CC[C@H]3OC(=O)c3cccnc3)C2CCC1=O. The largest absolute Gasteiger partial charge is 0.458 e. The predicted molar refractivity (Wildman–Crippen MR) is 98.6 cm³/mol. The van der Waals surface area contributed by atoms with Crippen molar-refractivity contribution in [3.05, 3.63) is 41.2 Å². The van der Waals surface area contributed by atoms with Crippen LogP contribution >= 0.6 is 0 Å². The second-order valence-corrected chi connectivity index (χ2v) is 8.25. The summed E-state index contributed by atoms with van der Waals surface area (Å²) < 4.78 is 5.96. The summed E-state index contributed by atoms with van der Waals surface area (Å²) in [7, 11) is 0. The number of rotatable bonds is 3. The van der Waals surface area contributed by atoms with Crippen LogP contribution in [0.3, 0.4) is 0 Å². The fourth-order valence-electron chi connectivity index (χ4n) is 5.73. The number of carbonyl (C=O) groups is 2. The zero-order chi connectivity index (χ0) is 18.3. The quantitative estimate of drug-likeness (QED) is 0.751. The molecular formula is C22H27NO3. The molecule has 1 aromatic heterocycles. The number of Topliss-reactive ketones (excluding diaryl/α,β-unsaturated/α-hetero) is 1. The Labute approximate surface area is 155 Å². The molecule has 0 radical (unpaired) electrons. The molecular weight excluding hydrogens is 326 g/mol. The lowest BCUT2D eigenvalue weighted by Crippen LogP contribution is -2.43. The summed E-state index contributed by atoms with van der Waals surface area (Å²) in [5.74, 6) is 1.12. The number of hydrogen-bond acceptors (Lipinski definition) is 4. The van der Waals surface area contributed by atoms with E-state index in [1.807, 2.05) is 0 Å². The molecule has 1 aromatic rings. The molecule has 0 aromatic carbocycles. The first-order valence-electron chi connectivity index (χ1n) is 9.90. The van der Waals surface area contributed by atoms with Crippen molar-refractivity contribution in [2.45, 2.75) is 64.9 Å². The molecule has 0 N–H and O–H groups in total. The molecule has 4 atom stereocenters. The van der Waals surface area contributed by atoms with Gasteiger partial charge in [-0.3, -0.25) is 9.78 Å². The Morgan fingerprint density at radius 1 is 1.31 bits per heavy atom. The van der Waals surface area contributed by atoms with Gasteiger partial charge in [0.2, 0.25) is 0 Å². The second-order valence-electron chi connectivity index (χ2n) is 8.25. The van der Waals surface area contributed by atoms with Crippen LogP contribution in [0.25, 0.3) is 0 Å². The molecule has 3 aliphatic carbocycles. The molecule has 0 bridgehead atoms. The van der Waals surface area contributed by atoms with E-state index >= 15 is 0 Å². The van der Waals surface area contributed by atoms with Crippen molar-refractivity contribution in [3.8, 4) is 0 Å². The number of aromatic nitrogens is 1. The first-order chi connectivity index (χ1) is 12.5. The minimum Gasteiger partial charge on any atom is -0.458 e. The van der Waals surface area contributed by atoms with Gasteiger partial charge in [-0.25, -0.2) is 4.79 Å². The van der Waals surface area contributed by atoms with Crippen LogP contribution in [0.1, 0.15) is 69.2 Å². The number of carbonyl (C=O) groups excluding carboxylic acids is 2. The van der Waals surface area contributed by atoms with Crippen LogP contribution in [0.15, 0.2) is 35.7 Å². The van der Waals surface area contributed by atoms with Gasteiger partial charge in [0.25, 0.3) is 0 Å². The Balaban J connectivity index is 1.56. The number of ether oxygens (including phenoxy) is 1. The highest BCUT2D eigenvalue weighted by atomic mass is 16.5. The molecule has 0 saturated heterocycles. The number of fused-ring (bicyclic) bond motifs is 3. The number of allylic oxidation sites excluding steroid dienone is 2. The highest BCUT2D eigenvalue weighted by Gasteiger charge is 2.55. The maximum absolute atomic E-state index is 12.5. The lowest BCUT2D eigenvalue weighted by molar-refractivity contribution is -0.117. The molecule has 138 valence electrons. The van der Waals surface area contributed by atoms with Gasteiger partial charge in [-0.05, 0) is 68.1 Å². The number of ketones is 1. The number of pyridine rings is 1. The van der Waals surface area contributed by atoms with Crippen LogP contribution in [0.4, 0.5) is 0 Å². The number of esters is 1. The van der Waals surface area contributed by atoms with E-state index in [4.69, 9.17) is 4.74 Å². The van der Waals surface area contributed by atoms with E-state index in [0.29, 0.717) is 29.6 Å². The van der Waals surface area contributed by atoms with Crippen molar-refractivity contribution >= 4 is 11.8 Å². The average Bonchev–Trinajstić information content (AvgIpc) is 2.99. The van der Waals surface area contributed by atoms with Crippen molar-refractivity contribution in [1.82, 2.24) is 4.98 Å². The third kappa shape index (κ3) is 2.70. The van der Waals surface area contributed by atoms with E-state index in [1.54, 1.807) is 24.5 Å². The molecule has 3 aliphatic rings. The highest BCUT2D eigenvalue weighted by molar-refractivity contribution is 5.97. The normalized spacial score (nSPS) is 33.6. The molecule has 2 unspecified atom stereocenters. The summed E-state index contributed by atoms with van der Waals surface area (Å²) in [6, 6.07) is 3.52. The molecule has 2 saturated carbocycles. The minimum absolute atomic E-state index is 0.0191. The monoisotopic (exact) mass is 353 g/mol. The molecule has 4 nitrogen and oxygen atoms in total. The fourth-order valence-corrected chi connectivity index (χ4v) is 5.73. The predicted octanol–water partition coefficient (Wildman–Crippen LogP) is 4.50. The summed E-state index contributed by atoms with van der Waals surface area (Å²) in [5, 5.41) is 0. The molecule has 4 rings (SSSR count). The Kier molecular flexibility index (Phi) is 4.45. The maximum Gasteiger partial charge on any atom is 0.339 e. The van der Waals surface area contributed by atoms with E-state index in [0.717, 1.165) is 44.1 Å². The third-order valence-corrected chi connectivity index (χ3v) is 7.10. The summed E-state index contributed by atoms with van der Waals surface area (Å²) in [5.41, 5.74) is 3.06. The number of nitrogens with zero attached hydrogens (tertiary/aromatic N) is 1. The van der Waals surface area contributed by atoms with E-state index in [9.17, 15) is 9.59 Å². The van der Waals surface area contributed by atoms with Crippen LogP contribution in [-0.2, 0) is 9.53 Å². The van der Waals surface area contributed by atoms with Crippen molar-refractivity contribution in [2.24, 2.45) is 17.3 Å². The zero-order valence-electron chi connectivity index (χ0n) is 15.7.